The fraction of sp³-hybridized carbons (Fsp3) is 0.316. The standard InChI is InChI=1S/C19H20N2O3/c1-24-16-7-5-14(6-8-16)18(22)15-9-12-21(13-10-15)19(23)17-4-2-3-11-20-17/h2-8,11,15H,9-10,12-13H2,1H3. The minimum atomic E-state index is -0.0639. The maximum Gasteiger partial charge on any atom is 0.272 e. The Labute approximate surface area is 141 Å². The number of hydrogen-bond acceptors (Lipinski definition) is 4. The number of nitrogens with zero attached hydrogens (tertiary/aromatic N) is 2. The SMILES string of the molecule is COc1ccc(C(=O)C2CCN(C(=O)c3ccccn3)CC2)cc1. The van der Waals surface area contributed by atoms with E-state index in [4.69, 9.17) is 4.74 Å². The predicted molar refractivity (Wildman–Crippen MR) is 90.2 cm³/mol. The molecule has 1 saturated heterocycles. The highest BCUT2D eigenvalue weighted by Crippen LogP contribution is 2.23. The van der Waals surface area contributed by atoms with Gasteiger partial charge in [-0.2, -0.15) is 0 Å². The Kier molecular flexibility index (Phi) is 4.89. The van der Waals surface area contributed by atoms with E-state index in [1.54, 1.807) is 60.7 Å². The van der Waals surface area contributed by atoms with Gasteiger partial charge >= 0.3 is 0 Å². The maximum atomic E-state index is 12.6. The molecule has 1 amide bonds. The molecule has 0 radical (unpaired) electrons. The van der Waals surface area contributed by atoms with Crippen LogP contribution in [-0.2, 0) is 0 Å². The number of benzene rings is 1. The Bertz CT molecular complexity index is 705. The molecule has 5 heteroatoms. The number of likely N-dealkylation sites (tertiary alicyclic amines) is 1. The Hall–Kier alpha value is -2.69. The third-order valence-corrected chi connectivity index (χ3v) is 4.41. The molecule has 2 aromatic rings. The van der Waals surface area contributed by atoms with Gasteiger partial charge in [-0.05, 0) is 49.2 Å². The van der Waals surface area contributed by atoms with Gasteiger partial charge in [-0.3, -0.25) is 14.6 Å². The molecule has 0 atom stereocenters. The van der Waals surface area contributed by atoms with E-state index in [-0.39, 0.29) is 17.6 Å². The minimum absolute atomic E-state index is 0.0359. The largest absolute Gasteiger partial charge is 0.497 e. The van der Waals surface area contributed by atoms with E-state index < -0.39 is 0 Å². The van der Waals surface area contributed by atoms with Crippen LogP contribution >= 0.6 is 0 Å². The number of pyridine rings is 1. The monoisotopic (exact) mass is 324 g/mol. The van der Waals surface area contributed by atoms with E-state index in [2.05, 4.69) is 4.98 Å². The summed E-state index contributed by atoms with van der Waals surface area (Å²) in [7, 11) is 1.60. The van der Waals surface area contributed by atoms with Crippen molar-refractivity contribution in [3.63, 3.8) is 0 Å². The number of piperidine rings is 1. The lowest BCUT2D eigenvalue weighted by atomic mass is 9.89. The summed E-state index contributed by atoms with van der Waals surface area (Å²) in [5.41, 5.74) is 1.16. The molecule has 1 fully saturated rings. The number of Topliss-reactive ketones (excluding diaryl/α,β-unsaturated/α-hetero) is 1. The number of hydrogen-bond donors (Lipinski definition) is 0. The van der Waals surface area contributed by atoms with Gasteiger partial charge in [0.1, 0.15) is 11.4 Å². The zero-order valence-electron chi connectivity index (χ0n) is 13.6. The van der Waals surface area contributed by atoms with Crippen LogP contribution in [0.2, 0.25) is 0 Å². The summed E-state index contributed by atoms with van der Waals surface area (Å²) >= 11 is 0. The molecule has 0 aliphatic carbocycles. The second kappa shape index (κ2) is 7.25. The number of ether oxygens (including phenoxy) is 1. The van der Waals surface area contributed by atoms with E-state index in [1.165, 1.54) is 0 Å². The average molecular weight is 324 g/mol. The average Bonchev–Trinajstić information content (AvgIpc) is 2.68. The summed E-state index contributed by atoms with van der Waals surface area (Å²) in [6.07, 6.45) is 2.99. The van der Waals surface area contributed by atoms with Crippen LogP contribution < -0.4 is 4.74 Å². The number of rotatable bonds is 4. The molecule has 0 spiro atoms. The third kappa shape index (κ3) is 3.45. The first-order valence-electron chi connectivity index (χ1n) is 8.07. The van der Waals surface area contributed by atoms with Crippen molar-refractivity contribution in [3.05, 3.63) is 59.9 Å². The number of amides is 1. The van der Waals surface area contributed by atoms with Crippen LogP contribution in [-0.4, -0.2) is 41.8 Å². The van der Waals surface area contributed by atoms with E-state index in [9.17, 15) is 9.59 Å². The molecular weight excluding hydrogens is 304 g/mol. The van der Waals surface area contributed by atoms with Gasteiger partial charge in [0.2, 0.25) is 0 Å². The van der Waals surface area contributed by atoms with Crippen LogP contribution in [0.15, 0.2) is 48.7 Å². The summed E-state index contributed by atoms with van der Waals surface area (Å²) in [4.78, 5) is 30.9. The molecule has 0 N–H and O–H groups in total. The van der Waals surface area contributed by atoms with Crippen LogP contribution in [0.5, 0.6) is 5.75 Å². The lowest BCUT2D eigenvalue weighted by Gasteiger charge is -2.31. The number of ketones is 1. The van der Waals surface area contributed by atoms with Crippen molar-refractivity contribution >= 4 is 11.7 Å². The number of aromatic nitrogens is 1. The van der Waals surface area contributed by atoms with Crippen LogP contribution in [0.1, 0.15) is 33.7 Å². The molecule has 0 bridgehead atoms. The molecule has 1 aliphatic heterocycles. The van der Waals surface area contributed by atoms with Crippen LogP contribution in [0.3, 0.4) is 0 Å². The lowest BCUT2D eigenvalue weighted by Crippen LogP contribution is -2.40. The van der Waals surface area contributed by atoms with Crippen molar-refractivity contribution in [1.29, 1.82) is 0 Å². The molecule has 0 unspecified atom stereocenters. The van der Waals surface area contributed by atoms with Gasteiger partial charge in [0.15, 0.2) is 5.78 Å². The third-order valence-electron chi connectivity index (χ3n) is 4.41. The summed E-state index contributed by atoms with van der Waals surface area (Å²) in [5.74, 6) is 0.780. The highest BCUT2D eigenvalue weighted by Gasteiger charge is 2.28. The Morgan fingerprint density at radius 3 is 2.38 bits per heavy atom. The molecular formula is C19H20N2O3. The fourth-order valence-electron chi connectivity index (χ4n) is 2.99. The second-order valence-electron chi connectivity index (χ2n) is 5.87. The zero-order valence-corrected chi connectivity index (χ0v) is 13.6. The van der Waals surface area contributed by atoms with Gasteiger partial charge in [0.05, 0.1) is 7.11 Å². The van der Waals surface area contributed by atoms with Gasteiger partial charge in [0.25, 0.3) is 5.91 Å². The summed E-state index contributed by atoms with van der Waals surface area (Å²) < 4.78 is 5.12. The molecule has 3 rings (SSSR count). The number of carbonyl (C=O) groups excluding carboxylic acids is 2. The maximum absolute atomic E-state index is 12.6. The Morgan fingerprint density at radius 2 is 1.79 bits per heavy atom. The molecule has 5 nitrogen and oxygen atoms in total. The molecule has 1 aromatic carbocycles. The summed E-state index contributed by atoms with van der Waals surface area (Å²) in [6.45, 7) is 1.17. The first kappa shape index (κ1) is 16.2. The zero-order chi connectivity index (χ0) is 16.9. The van der Waals surface area contributed by atoms with Crippen molar-refractivity contribution in [2.75, 3.05) is 20.2 Å². The van der Waals surface area contributed by atoms with Gasteiger partial charge < -0.3 is 9.64 Å². The number of methoxy groups -OCH3 is 1. The molecule has 2 heterocycles. The van der Waals surface area contributed by atoms with Crippen molar-refractivity contribution in [3.8, 4) is 5.75 Å². The highest BCUT2D eigenvalue weighted by atomic mass is 16.5. The Balaban J connectivity index is 1.60. The summed E-state index contributed by atoms with van der Waals surface area (Å²) in [5, 5.41) is 0. The second-order valence-corrected chi connectivity index (χ2v) is 5.87. The topological polar surface area (TPSA) is 59.5 Å². The van der Waals surface area contributed by atoms with E-state index >= 15 is 0 Å². The van der Waals surface area contributed by atoms with E-state index in [0.29, 0.717) is 37.2 Å². The van der Waals surface area contributed by atoms with Gasteiger partial charge in [-0.1, -0.05) is 6.07 Å². The molecule has 1 aromatic heterocycles. The van der Waals surface area contributed by atoms with Crippen molar-refractivity contribution < 1.29 is 14.3 Å². The number of carbonyl (C=O) groups is 2. The predicted octanol–water partition coefficient (Wildman–Crippen LogP) is 2.83. The van der Waals surface area contributed by atoms with E-state index in [1.807, 2.05) is 0 Å². The fourth-order valence-corrected chi connectivity index (χ4v) is 2.99. The quantitative estimate of drug-likeness (QED) is 0.812. The van der Waals surface area contributed by atoms with Crippen LogP contribution in [0, 0.1) is 5.92 Å². The van der Waals surface area contributed by atoms with Crippen molar-refractivity contribution in [1.82, 2.24) is 9.88 Å². The molecule has 24 heavy (non-hydrogen) atoms. The lowest BCUT2D eigenvalue weighted by molar-refractivity contribution is 0.0645. The van der Waals surface area contributed by atoms with E-state index in [0.717, 1.165) is 5.75 Å². The Morgan fingerprint density at radius 1 is 1.08 bits per heavy atom. The van der Waals surface area contributed by atoms with Crippen molar-refractivity contribution in [2.45, 2.75) is 12.8 Å². The molecule has 1 aliphatic rings. The molecule has 124 valence electrons. The smallest absolute Gasteiger partial charge is 0.272 e. The highest BCUT2D eigenvalue weighted by molar-refractivity contribution is 5.98. The minimum Gasteiger partial charge on any atom is -0.497 e. The van der Waals surface area contributed by atoms with Gasteiger partial charge in [0, 0.05) is 30.8 Å². The molecule has 0 saturated carbocycles. The van der Waals surface area contributed by atoms with Crippen molar-refractivity contribution in [2.24, 2.45) is 5.92 Å². The first-order chi connectivity index (χ1) is 11.7. The van der Waals surface area contributed by atoms with Crippen LogP contribution in [0.4, 0.5) is 0 Å². The van der Waals surface area contributed by atoms with Gasteiger partial charge in [-0.15, -0.1) is 0 Å². The normalized spacial score (nSPS) is 15.1. The van der Waals surface area contributed by atoms with Gasteiger partial charge in [-0.25, -0.2) is 0 Å². The van der Waals surface area contributed by atoms with Crippen LogP contribution in [0.25, 0.3) is 0 Å². The summed E-state index contributed by atoms with van der Waals surface area (Å²) in [6, 6.07) is 12.5. The first-order valence-corrected chi connectivity index (χ1v) is 8.07.